The van der Waals surface area contributed by atoms with Gasteiger partial charge in [0.1, 0.15) is 6.10 Å². The minimum Gasteiger partial charge on any atom is -0.474 e. The van der Waals surface area contributed by atoms with E-state index in [2.05, 4.69) is 52.0 Å². The van der Waals surface area contributed by atoms with Crippen molar-refractivity contribution in [3.05, 3.63) is 60.4 Å². The Bertz CT molecular complexity index is 986. The SMILES string of the molecule is CO[C@@]12CC[C@H](Oc3ccccn3)C[C@@H]1N(Cc1ccc3ccn(C)c3c1)CC2. The van der Waals surface area contributed by atoms with Crippen LogP contribution in [0.15, 0.2) is 54.9 Å². The maximum absolute atomic E-state index is 6.22. The summed E-state index contributed by atoms with van der Waals surface area (Å²) < 4.78 is 14.5. The first-order valence-corrected chi connectivity index (χ1v) is 10.6. The summed E-state index contributed by atoms with van der Waals surface area (Å²) in [4.78, 5) is 6.94. The van der Waals surface area contributed by atoms with Crippen LogP contribution < -0.4 is 4.74 Å². The normalized spacial score (nSPS) is 27.2. The molecule has 1 saturated carbocycles. The topological polar surface area (TPSA) is 39.5 Å². The fourth-order valence-corrected chi connectivity index (χ4v) is 5.28. The van der Waals surface area contributed by atoms with Gasteiger partial charge in [-0.1, -0.05) is 18.2 Å². The highest BCUT2D eigenvalue weighted by Crippen LogP contribution is 2.43. The van der Waals surface area contributed by atoms with Crippen LogP contribution in [-0.2, 0) is 18.3 Å². The van der Waals surface area contributed by atoms with E-state index >= 15 is 0 Å². The minimum absolute atomic E-state index is 0.0426. The Kier molecular flexibility index (Phi) is 4.80. The molecular formula is C24H29N3O2. The van der Waals surface area contributed by atoms with E-state index in [1.807, 2.05) is 25.3 Å². The highest BCUT2D eigenvalue weighted by atomic mass is 16.5. The van der Waals surface area contributed by atoms with Gasteiger partial charge in [-0.05, 0) is 48.4 Å². The van der Waals surface area contributed by atoms with Crippen LogP contribution in [-0.4, -0.2) is 45.9 Å². The Labute approximate surface area is 172 Å². The molecule has 0 radical (unpaired) electrons. The fourth-order valence-electron chi connectivity index (χ4n) is 5.28. The quantitative estimate of drug-likeness (QED) is 0.655. The van der Waals surface area contributed by atoms with Gasteiger partial charge in [0.25, 0.3) is 0 Å². The first kappa shape index (κ1) is 18.6. The number of methoxy groups -OCH3 is 1. The van der Waals surface area contributed by atoms with E-state index in [0.717, 1.165) is 44.7 Å². The number of rotatable bonds is 5. The molecule has 29 heavy (non-hydrogen) atoms. The van der Waals surface area contributed by atoms with Gasteiger partial charge < -0.3 is 14.0 Å². The number of nitrogens with zero attached hydrogens (tertiary/aromatic N) is 3. The number of aromatic nitrogens is 2. The van der Waals surface area contributed by atoms with E-state index in [9.17, 15) is 0 Å². The largest absolute Gasteiger partial charge is 0.474 e. The van der Waals surface area contributed by atoms with Gasteiger partial charge in [-0.3, -0.25) is 4.90 Å². The third-order valence-electron chi connectivity index (χ3n) is 6.92. The molecule has 1 aliphatic heterocycles. The van der Waals surface area contributed by atoms with E-state index in [1.54, 1.807) is 6.20 Å². The van der Waals surface area contributed by atoms with Crippen molar-refractivity contribution in [1.29, 1.82) is 0 Å². The van der Waals surface area contributed by atoms with Crippen LogP contribution in [0.1, 0.15) is 31.2 Å². The lowest BCUT2D eigenvalue weighted by Crippen LogP contribution is -2.52. The van der Waals surface area contributed by atoms with Gasteiger partial charge in [0.15, 0.2) is 0 Å². The van der Waals surface area contributed by atoms with E-state index in [-0.39, 0.29) is 11.7 Å². The first-order valence-electron chi connectivity index (χ1n) is 10.6. The second kappa shape index (κ2) is 7.47. The van der Waals surface area contributed by atoms with Crippen molar-refractivity contribution >= 4 is 10.9 Å². The van der Waals surface area contributed by atoms with Crippen molar-refractivity contribution in [2.45, 2.75) is 50.0 Å². The zero-order valence-electron chi connectivity index (χ0n) is 17.3. The maximum atomic E-state index is 6.22. The number of aryl methyl sites for hydroxylation is 1. The molecule has 2 aromatic heterocycles. The van der Waals surface area contributed by atoms with Gasteiger partial charge in [-0.15, -0.1) is 0 Å². The van der Waals surface area contributed by atoms with Crippen LogP contribution in [0.4, 0.5) is 0 Å². The number of fused-ring (bicyclic) bond motifs is 2. The second-order valence-corrected chi connectivity index (χ2v) is 8.51. The van der Waals surface area contributed by atoms with E-state index in [4.69, 9.17) is 9.47 Å². The Hall–Kier alpha value is -2.37. The fraction of sp³-hybridized carbons (Fsp3) is 0.458. The lowest BCUT2D eigenvalue weighted by molar-refractivity contribution is -0.0843. The minimum atomic E-state index is -0.0426. The third kappa shape index (κ3) is 3.43. The molecule has 2 aliphatic rings. The molecule has 0 spiro atoms. The van der Waals surface area contributed by atoms with E-state index in [0.29, 0.717) is 6.04 Å². The van der Waals surface area contributed by atoms with Gasteiger partial charge in [0.05, 0.1) is 5.60 Å². The maximum Gasteiger partial charge on any atom is 0.213 e. The Morgan fingerprint density at radius 3 is 2.93 bits per heavy atom. The molecular weight excluding hydrogens is 362 g/mol. The number of ether oxygens (including phenoxy) is 2. The summed E-state index contributed by atoms with van der Waals surface area (Å²) >= 11 is 0. The summed E-state index contributed by atoms with van der Waals surface area (Å²) in [5.41, 5.74) is 2.61. The van der Waals surface area contributed by atoms with Crippen LogP contribution in [0.5, 0.6) is 5.88 Å². The summed E-state index contributed by atoms with van der Waals surface area (Å²) in [6.45, 7) is 2.02. The molecule has 1 aromatic carbocycles. The molecule has 0 bridgehead atoms. The zero-order valence-corrected chi connectivity index (χ0v) is 17.3. The molecule has 5 rings (SSSR count). The van der Waals surface area contributed by atoms with Gasteiger partial charge in [0, 0.05) is 63.7 Å². The summed E-state index contributed by atoms with van der Waals surface area (Å²) in [5.74, 6) is 0.723. The number of benzene rings is 1. The van der Waals surface area contributed by atoms with E-state index < -0.39 is 0 Å². The lowest BCUT2D eigenvalue weighted by atomic mass is 9.79. The smallest absolute Gasteiger partial charge is 0.213 e. The molecule has 1 saturated heterocycles. The summed E-state index contributed by atoms with van der Waals surface area (Å²) in [5, 5.41) is 1.30. The van der Waals surface area contributed by atoms with Crippen molar-refractivity contribution in [3.63, 3.8) is 0 Å². The van der Waals surface area contributed by atoms with Crippen LogP contribution in [0.25, 0.3) is 10.9 Å². The highest BCUT2D eigenvalue weighted by Gasteiger charge is 2.51. The van der Waals surface area contributed by atoms with Gasteiger partial charge in [-0.25, -0.2) is 4.98 Å². The molecule has 152 valence electrons. The van der Waals surface area contributed by atoms with Crippen LogP contribution in [0.2, 0.25) is 0 Å². The third-order valence-corrected chi connectivity index (χ3v) is 6.92. The van der Waals surface area contributed by atoms with Crippen molar-refractivity contribution < 1.29 is 9.47 Å². The monoisotopic (exact) mass is 391 g/mol. The predicted molar refractivity (Wildman–Crippen MR) is 114 cm³/mol. The van der Waals surface area contributed by atoms with Crippen molar-refractivity contribution in [1.82, 2.24) is 14.5 Å². The molecule has 0 unspecified atom stereocenters. The van der Waals surface area contributed by atoms with Crippen LogP contribution >= 0.6 is 0 Å². The summed E-state index contributed by atoms with van der Waals surface area (Å²) in [7, 11) is 3.99. The molecule has 5 heteroatoms. The molecule has 3 heterocycles. The van der Waals surface area contributed by atoms with Crippen molar-refractivity contribution in [2.75, 3.05) is 13.7 Å². The van der Waals surface area contributed by atoms with Gasteiger partial charge >= 0.3 is 0 Å². The predicted octanol–water partition coefficient (Wildman–Crippen LogP) is 4.16. The molecule has 0 N–H and O–H groups in total. The zero-order chi connectivity index (χ0) is 19.8. The molecule has 2 fully saturated rings. The highest BCUT2D eigenvalue weighted by molar-refractivity contribution is 5.80. The number of pyridine rings is 1. The van der Waals surface area contributed by atoms with Gasteiger partial charge in [-0.2, -0.15) is 0 Å². The number of hydrogen-bond acceptors (Lipinski definition) is 4. The second-order valence-electron chi connectivity index (χ2n) is 8.51. The number of likely N-dealkylation sites (tertiary alicyclic amines) is 1. The molecule has 1 aliphatic carbocycles. The molecule has 3 atom stereocenters. The summed E-state index contributed by atoms with van der Waals surface area (Å²) in [6.07, 6.45) is 8.24. The Balaban J connectivity index is 1.35. The average molecular weight is 392 g/mol. The standard InChI is InChI=1S/C24H29N3O2/c1-26-13-9-19-7-6-18(15-21(19)26)17-27-14-11-24(28-2)10-8-20(16-22(24)27)29-23-5-3-4-12-25-23/h3-7,9,12-13,15,20,22H,8,10-11,14,16-17H2,1-2H3/t20-,22-,24+/m0/s1. The lowest BCUT2D eigenvalue weighted by Gasteiger charge is -2.43. The Morgan fingerprint density at radius 2 is 2.10 bits per heavy atom. The molecule has 3 aromatic rings. The first-order chi connectivity index (χ1) is 14.2. The van der Waals surface area contributed by atoms with Crippen LogP contribution in [0.3, 0.4) is 0 Å². The molecule has 5 nitrogen and oxygen atoms in total. The van der Waals surface area contributed by atoms with E-state index in [1.165, 1.54) is 16.5 Å². The van der Waals surface area contributed by atoms with Crippen molar-refractivity contribution in [2.24, 2.45) is 7.05 Å². The van der Waals surface area contributed by atoms with Gasteiger partial charge in [0.2, 0.25) is 5.88 Å². The van der Waals surface area contributed by atoms with Crippen LogP contribution in [0, 0.1) is 0 Å². The summed E-state index contributed by atoms with van der Waals surface area (Å²) in [6, 6.07) is 15.2. The molecule has 0 amide bonds. The van der Waals surface area contributed by atoms with Crippen molar-refractivity contribution in [3.8, 4) is 5.88 Å². The Morgan fingerprint density at radius 1 is 1.17 bits per heavy atom. The average Bonchev–Trinajstić information content (AvgIpc) is 3.30. The number of hydrogen-bond donors (Lipinski definition) is 0.